The molecule has 0 spiro atoms. The number of benzene rings is 1. The standard InChI is InChI=1S/C13H19F3N2O2S/c1-4-5-17-11-6-9(2)12(10(3)7-11)21(19,20)18-8-13(14,15)16/h6-7,17-18H,4-5,8H2,1-3H3. The first-order valence-electron chi connectivity index (χ1n) is 6.48. The van der Waals surface area contributed by atoms with E-state index < -0.39 is 22.7 Å². The number of halogens is 3. The van der Waals surface area contributed by atoms with Gasteiger partial charge in [0.25, 0.3) is 0 Å². The van der Waals surface area contributed by atoms with Crippen LogP contribution in [0.3, 0.4) is 0 Å². The molecule has 1 aromatic rings. The summed E-state index contributed by atoms with van der Waals surface area (Å²) in [7, 11) is -4.19. The Kier molecular flexibility index (Phi) is 5.63. The van der Waals surface area contributed by atoms with Crippen LogP contribution in [-0.4, -0.2) is 27.7 Å². The van der Waals surface area contributed by atoms with Gasteiger partial charge in [-0.15, -0.1) is 0 Å². The molecule has 0 atom stereocenters. The summed E-state index contributed by atoms with van der Waals surface area (Å²) in [5, 5.41) is 3.12. The first-order chi connectivity index (χ1) is 9.57. The van der Waals surface area contributed by atoms with Gasteiger partial charge in [0.15, 0.2) is 0 Å². The molecule has 0 radical (unpaired) electrons. The third-order valence-corrected chi connectivity index (χ3v) is 4.48. The van der Waals surface area contributed by atoms with E-state index in [1.54, 1.807) is 30.7 Å². The number of aryl methyl sites for hydroxylation is 2. The molecule has 0 saturated carbocycles. The summed E-state index contributed by atoms with van der Waals surface area (Å²) in [5.74, 6) is 0. The molecule has 0 fully saturated rings. The van der Waals surface area contributed by atoms with Gasteiger partial charge in [-0.2, -0.15) is 13.2 Å². The average Bonchev–Trinajstić information content (AvgIpc) is 2.32. The molecule has 0 aliphatic heterocycles. The van der Waals surface area contributed by atoms with Gasteiger partial charge >= 0.3 is 6.18 Å². The van der Waals surface area contributed by atoms with Crippen molar-refractivity contribution in [2.24, 2.45) is 0 Å². The minimum absolute atomic E-state index is 0.103. The molecular formula is C13H19F3N2O2S. The Bertz CT molecular complexity index is 575. The minimum atomic E-state index is -4.59. The van der Waals surface area contributed by atoms with Crippen molar-refractivity contribution >= 4 is 15.7 Å². The van der Waals surface area contributed by atoms with Crippen LogP contribution in [0.4, 0.5) is 18.9 Å². The molecule has 8 heteroatoms. The molecule has 0 aliphatic rings. The molecule has 21 heavy (non-hydrogen) atoms. The lowest BCUT2D eigenvalue weighted by molar-refractivity contribution is -0.121. The third-order valence-electron chi connectivity index (χ3n) is 2.77. The molecule has 0 unspecified atom stereocenters. The zero-order valence-electron chi connectivity index (χ0n) is 12.1. The fraction of sp³-hybridized carbons (Fsp3) is 0.538. The zero-order chi connectivity index (χ0) is 16.3. The number of rotatable bonds is 6. The normalized spacial score (nSPS) is 12.5. The highest BCUT2D eigenvalue weighted by molar-refractivity contribution is 7.89. The average molecular weight is 324 g/mol. The van der Waals surface area contributed by atoms with Crippen LogP contribution in [0, 0.1) is 13.8 Å². The summed E-state index contributed by atoms with van der Waals surface area (Å²) in [6, 6.07) is 3.23. The van der Waals surface area contributed by atoms with Crippen LogP contribution in [0.15, 0.2) is 17.0 Å². The van der Waals surface area contributed by atoms with Crippen molar-refractivity contribution in [3.05, 3.63) is 23.3 Å². The first kappa shape index (κ1) is 17.8. The van der Waals surface area contributed by atoms with E-state index in [4.69, 9.17) is 0 Å². The van der Waals surface area contributed by atoms with Gasteiger partial charge in [0.2, 0.25) is 10.0 Å². The van der Waals surface area contributed by atoms with Crippen LogP contribution < -0.4 is 10.0 Å². The maximum atomic E-state index is 12.2. The lowest BCUT2D eigenvalue weighted by Gasteiger charge is -2.15. The number of sulfonamides is 1. The quantitative estimate of drug-likeness (QED) is 0.846. The Balaban J connectivity index is 3.07. The number of hydrogen-bond donors (Lipinski definition) is 2. The number of anilines is 1. The van der Waals surface area contributed by atoms with Crippen molar-refractivity contribution in [2.75, 3.05) is 18.4 Å². The largest absolute Gasteiger partial charge is 0.402 e. The van der Waals surface area contributed by atoms with E-state index in [1.165, 1.54) is 0 Å². The minimum Gasteiger partial charge on any atom is -0.385 e. The summed E-state index contributed by atoms with van der Waals surface area (Å²) in [6.07, 6.45) is -3.68. The van der Waals surface area contributed by atoms with Crippen molar-refractivity contribution < 1.29 is 21.6 Å². The van der Waals surface area contributed by atoms with Crippen molar-refractivity contribution in [3.63, 3.8) is 0 Å². The smallest absolute Gasteiger partial charge is 0.385 e. The van der Waals surface area contributed by atoms with Gasteiger partial charge in [-0.25, -0.2) is 13.1 Å². The second-order valence-corrected chi connectivity index (χ2v) is 6.51. The molecule has 0 heterocycles. The number of nitrogens with one attached hydrogen (secondary N) is 2. The molecule has 1 aromatic carbocycles. The van der Waals surface area contributed by atoms with Gasteiger partial charge in [-0.3, -0.25) is 0 Å². The molecule has 2 N–H and O–H groups in total. The Hall–Kier alpha value is -1.28. The van der Waals surface area contributed by atoms with Crippen molar-refractivity contribution in [2.45, 2.75) is 38.3 Å². The summed E-state index contributed by atoms with van der Waals surface area (Å²) in [5.41, 5.74) is 1.56. The highest BCUT2D eigenvalue weighted by Crippen LogP contribution is 2.25. The fourth-order valence-electron chi connectivity index (χ4n) is 1.99. The second-order valence-electron chi connectivity index (χ2n) is 4.81. The van der Waals surface area contributed by atoms with Gasteiger partial charge in [-0.1, -0.05) is 6.92 Å². The predicted molar refractivity (Wildman–Crippen MR) is 75.9 cm³/mol. The summed E-state index contributed by atoms with van der Waals surface area (Å²) in [6.45, 7) is 4.27. The third kappa shape index (κ3) is 5.20. The van der Waals surface area contributed by atoms with Gasteiger partial charge in [0.1, 0.15) is 6.54 Å². The molecule has 0 saturated heterocycles. The lowest BCUT2D eigenvalue weighted by Crippen LogP contribution is -2.34. The highest BCUT2D eigenvalue weighted by atomic mass is 32.2. The molecule has 120 valence electrons. The van der Waals surface area contributed by atoms with E-state index >= 15 is 0 Å². The van der Waals surface area contributed by atoms with E-state index in [-0.39, 0.29) is 4.90 Å². The van der Waals surface area contributed by atoms with Crippen LogP contribution in [0.1, 0.15) is 24.5 Å². The number of hydrogen-bond acceptors (Lipinski definition) is 3. The van der Waals surface area contributed by atoms with Crippen LogP contribution in [0.25, 0.3) is 0 Å². The van der Waals surface area contributed by atoms with E-state index in [0.29, 0.717) is 11.1 Å². The van der Waals surface area contributed by atoms with Crippen molar-refractivity contribution in [1.82, 2.24) is 4.72 Å². The molecular weight excluding hydrogens is 305 g/mol. The van der Waals surface area contributed by atoms with E-state index in [9.17, 15) is 21.6 Å². The Morgan fingerprint density at radius 3 is 2.10 bits per heavy atom. The zero-order valence-corrected chi connectivity index (χ0v) is 13.0. The number of alkyl halides is 3. The van der Waals surface area contributed by atoms with Crippen LogP contribution >= 0.6 is 0 Å². The first-order valence-corrected chi connectivity index (χ1v) is 7.96. The van der Waals surface area contributed by atoms with Crippen molar-refractivity contribution in [3.8, 4) is 0 Å². The molecule has 0 aliphatic carbocycles. The SMILES string of the molecule is CCCNc1cc(C)c(S(=O)(=O)NCC(F)(F)F)c(C)c1. The lowest BCUT2D eigenvalue weighted by atomic mass is 10.1. The topological polar surface area (TPSA) is 58.2 Å². The van der Waals surface area contributed by atoms with E-state index in [1.807, 2.05) is 6.92 Å². The summed E-state index contributed by atoms with van der Waals surface area (Å²) < 4.78 is 62.1. The van der Waals surface area contributed by atoms with Crippen LogP contribution in [0.2, 0.25) is 0 Å². The Morgan fingerprint density at radius 2 is 1.67 bits per heavy atom. The Labute approximate surface area is 122 Å². The van der Waals surface area contributed by atoms with Gasteiger partial charge in [0, 0.05) is 12.2 Å². The monoisotopic (exact) mass is 324 g/mol. The molecule has 4 nitrogen and oxygen atoms in total. The second kappa shape index (κ2) is 6.65. The molecule has 0 amide bonds. The summed E-state index contributed by atoms with van der Waals surface area (Å²) in [4.78, 5) is -0.103. The van der Waals surface area contributed by atoms with Gasteiger partial charge < -0.3 is 5.32 Å². The predicted octanol–water partition coefficient (Wildman–Crippen LogP) is 2.97. The maximum absolute atomic E-state index is 12.2. The van der Waals surface area contributed by atoms with E-state index in [2.05, 4.69) is 5.32 Å². The fourth-order valence-corrected chi connectivity index (χ4v) is 3.46. The Morgan fingerprint density at radius 1 is 1.14 bits per heavy atom. The highest BCUT2D eigenvalue weighted by Gasteiger charge is 2.31. The van der Waals surface area contributed by atoms with Gasteiger partial charge in [0.05, 0.1) is 4.90 Å². The van der Waals surface area contributed by atoms with Crippen LogP contribution in [0.5, 0.6) is 0 Å². The van der Waals surface area contributed by atoms with Gasteiger partial charge in [-0.05, 0) is 43.5 Å². The van der Waals surface area contributed by atoms with E-state index in [0.717, 1.165) is 18.7 Å². The molecule has 0 bridgehead atoms. The maximum Gasteiger partial charge on any atom is 0.402 e. The molecule has 1 rings (SSSR count). The summed E-state index contributed by atoms with van der Waals surface area (Å²) >= 11 is 0. The molecule has 0 aromatic heterocycles. The van der Waals surface area contributed by atoms with Crippen LogP contribution in [-0.2, 0) is 10.0 Å². The van der Waals surface area contributed by atoms with Crippen molar-refractivity contribution in [1.29, 1.82) is 0 Å².